The molecule has 1 aromatic rings. The van der Waals surface area contributed by atoms with Crippen molar-refractivity contribution in [1.29, 1.82) is 0 Å². The SMILES string of the molecule is CCNCCCCS(=O)(=O)NCc1noc(C)n1. The van der Waals surface area contributed by atoms with Crippen molar-refractivity contribution in [3.05, 3.63) is 11.7 Å². The lowest BCUT2D eigenvalue weighted by atomic mass is 10.3. The largest absolute Gasteiger partial charge is 0.340 e. The Balaban J connectivity index is 2.23. The van der Waals surface area contributed by atoms with Gasteiger partial charge in [0.2, 0.25) is 15.9 Å². The van der Waals surface area contributed by atoms with Crippen LogP contribution in [0.5, 0.6) is 0 Å². The van der Waals surface area contributed by atoms with Crippen LogP contribution in [0.2, 0.25) is 0 Å². The van der Waals surface area contributed by atoms with E-state index in [2.05, 4.69) is 20.2 Å². The summed E-state index contributed by atoms with van der Waals surface area (Å²) in [6.07, 6.45) is 1.48. The number of nitrogens with zero attached hydrogens (tertiary/aromatic N) is 2. The second-order valence-electron chi connectivity index (χ2n) is 3.93. The summed E-state index contributed by atoms with van der Waals surface area (Å²) in [5.41, 5.74) is 0. The molecule has 0 fully saturated rings. The number of unbranched alkanes of at least 4 members (excludes halogenated alkanes) is 1. The monoisotopic (exact) mass is 276 g/mol. The first-order valence-electron chi connectivity index (χ1n) is 6.00. The Kier molecular flexibility index (Phi) is 6.23. The molecule has 18 heavy (non-hydrogen) atoms. The molecule has 0 spiro atoms. The Morgan fingerprint density at radius 1 is 1.33 bits per heavy atom. The predicted molar refractivity (Wildman–Crippen MR) is 67.4 cm³/mol. The fourth-order valence-electron chi connectivity index (χ4n) is 1.38. The molecule has 0 aliphatic rings. The van der Waals surface area contributed by atoms with Crippen molar-refractivity contribution in [2.45, 2.75) is 33.2 Å². The van der Waals surface area contributed by atoms with E-state index in [4.69, 9.17) is 4.52 Å². The Morgan fingerprint density at radius 2 is 2.11 bits per heavy atom. The first kappa shape index (κ1) is 15.1. The number of rotatable bonds is 9. The highest BCUT2D eigenvalue weighted by Crippen LogP contribution is 1.98. The summed E-state index contributed by atoms with van der Waals surface area (Å²) >= 11 is 0. The van der Waals surface area contributed by atoms with E-state index in [0.29, 0.717) is 18.1 Å². The van der Waals surface area contributed by atoms with Crippen molar-refractivity contribution in [3.63, 3.8) is 0 Å². The summed E-state index contributed by atoms with van der Waals surface area (Å²) in [6.45, 7) is 5.50. The molecule has 0 unspecified atom stereocenters. The minimum atomic E-state index is -3.26. The van der Waals surface area contributed by atoms with Crippen molar-refractivity contribution in [1.82, 2.24) is 20.2 Å². The highest BCUT2D eigenvalue weighted by Gasteiger charge is 2.11. The molecule has 0 saturated heterocycles. The Labute approximate surface area is 107 Å². The first-order chi connectivity index (χ1) is 8.53. The van der Waals surface area contributed by atoms with Crippen LogP contribution >= 0.6 is 0 Å². The van der Waals surface area contributed by atoms with E-state index in [1.54, 1.807) is 6.92 Å². The van der Waals surface area contributed by atoms with Crippen LogP contribution in [0.4, 0.5) is 0 Å². The lowest BCUT2D eigenvalue weighted by Gasteiger charge is -2.04. The van der Waals surface area contributed by atoms with Crippen LogP contribution in [0.3, 0.4) is 0 Å². The standard InChI is InChI=1S/C10H20N4O3S/c1-3-11-6-4-5-7-18(15,16)12-8-10-13-9(2)17-14-10/h11-12H,3-8H2,1-2H3. The van der Waals surface area contributed by atoms with E-state index in [1.807, 2.05) is 6.92 Å². The number of hydrogen-bond acceptors (Lipinski definition) is 6. The number of sulfonamides is 1. The van der Waals surface area contributed by atoms with E-state index in [0.717, 1.165) is 19.5 Å². The predicted octanol–water partition coefficient (Wildman–Crippen LogP) is 0.187. The molecule has 8 heteroatoms. The van der Waals surface area contributed by atoms with Crippen molar-refractivity contribution in [2.24, 2.45) is 0 Å². The van der Waals surface area contributed by atoms with Gasteiger partial charge in [-0.15, -0.1) is 0 Å². The molecule has 0 bridgehead atoms. The molecule has 2 N–H and O–H groups in total. The van der Waals surface area contributed by atoms with Crippen molar-refractivity contribution in [3.8, 4) is 0 Å². The Morgan fingerprint density at radius 3 is 2.72 bits per heavy atom. The molecular weight excluding hydrogens is 256 g/mol. The zero-order valence-electron chi connectivity index (χ0n) is 10.8. The average Bonchev–Trinajstić information content (AvgIpc) is 2.73. The lowest BCUT2D eigenvalue weighted by Crippen LogP contribution is -2.27. The van der Waals surface area contributed by atoms with Gasteiger partial charge < -0.3 is 9.84 Å². The molecule has 0 aromatic carbocycles. The van der Waals surface area contributed by atoms with Gasteiger partial charge in [-0.25, -0.2) is 13.1 Å². The Bertz CT molecular complexity index is 444. The van der Waals surface area contributed by atoms with E-state index in [1.165, 1.54) is 0 Å². The number of aryl methyl sites for hydroxylation is 1. The maximum Gasteiger partial charge on any atom is 0.223 e. The third kappa shape index (κ3) is 6.08. The highest BCUT2D eigenvalue weighted by atomic mass is 32.2. The van der Waals surface area contributed by atoms with Crippen LogP contribution in [0.25, 0.3) is 0 Å². The fourth-order valence-corrected chi connectivity index (χ4v) is 2.46. The van der Waals surface area contributed by atoms with Gasteiger partial charge in [0.05, 0.1) is 12.3 Å². The Hall–Kier alpha value is -0.990. The molecule has 1 aromatic heterocycles. The van der Waals surface area contributed by atoms with E-state index >= 15 is 0 Å². The molecular formula is C10H20N4O3S. The van der Waals surface area contributed by atoms with Gasteiger partial charge in [-0.05, 0) is 25.9 Å². The number of nitrogens with one attached hydrogen (secondary N) is 2. The summed E-state index contributed by atoms with van der Waals surface area (Å²) in [6, 6.07) is 0. The molecule has 1 rings (SSSR count). The van der Waals surface area contributed by atoms with Gasteiger partial charge in [-0.1, -0.05) is 12.1 Å². The molecule has 0 aliphatic heterocycles. The highest BCUT2D eigenvalue weighted by molar-refractivity contribution is 7.89. The van der Waals surface area contributed by atoms with Gasteiger partial charge in [-0.3, -0.25) is 0 Å². The third-order valence-electron chi connectivity index (χ3n) is 2.29. The minimum absolute atomic E-state index is 0.0763. The van der Waals surface area contributed by atoms with Gasteiger partial charge in [0.15, 0.2) is 5.82 Å². The molecule has 1 heterocycles. The number of aromatic nitrogens is 2. The quantitative estimate of drug-likeness (QED) is 0.625. The van der Waals surface area contributed by atoms with Crippen LogP contribution in [-0.4, -0.2) is 37.4 Å². The normalized spacial score (nSPS) is 11.9. The second-order valence-corrected chi connectivity index (χ2v) is 5.86. The smallest absolute Gasteiger partial charge is 0.223 e. The minimum Gasteiger partial charge on any atom is -0.340 e. The fraction of sp³-hybridized carbons (Fsp3) is 0.800. The van der Waals surface area contributed by atoms with Crippen LogP contribution in [0.15, 0.2) is 4.52 Å². The molecule has 0 aliphatic carbocycles. The maximum absolute atomic E-state index is 11.6. The molecule has 7 nitrogen and oxygen atoms in total. The molecule has 0 radical (unpaired) electrons. The first-order valence-corrected chi connectivity index (χ1v) is 7.66. The zero-order valence-corrected chi connectivity index (χ0v) is 11.6. The number of hydrogen-bond donors (Lipinski definition) is 2. The van der Waals surface area contributed by atoms with E-state index in [9.17, 15) is 8.42 Å². The third-order valence-corrected chi connectivity index (χ3v) is 3.70. The molecule has 104 valence electrons. The lowest BCUT2D eigenvalue weighted by molar-refractivity contribution is 0.387. The van der Waals surface area contributed by atoms with Crippen molar-refractivity contribution >= 4 is 10.0 Å². The zero-order chi connectivity index (χ0) is 13.4. The summed E-state index contributed by atoms with van der Waals surface area (Å²) in [7, 11) is -3.26. The van der Waals surface area contributed by atoms with E-state index in [-0.39, 0.29) is 12.3 Å². The molecule has 0 atom stereocenters. The van der Waals surface area contributed by atoms with Gasteiger partial charge in [0.25, 0.3) is 0 Å². The van der Waals surface area contributed by atoms with Crippen LogP contribution < -0.4 is 10.0 Å². The molecule has 0 saturated carbocycles. The summed E-state index contributed by atoms with van der Waals surface area (Å²) < 4.78 is 30.4. The molecule has 0 amide bonds. The second kappa shape index (κ2) is 7.45. The summed E-state index contributed by atoms with van der Waals surface area (Å²) in [5, 5.41) is 6.76. The van der Waals surface area contributed by atoms with Crippen LogP contribution in [0, 0.1) is 6.92 Å². The maximum atomic E-state index is 11.6. The average molecular weight is 276 g/mol. The summed E-state index contributed by atoms with van der Waals surface area (Å²) in [4.78, 5) is 3.92. The van der Waals surface area contributed by atoms with E-state index < -0.39 is 10.0 Å². The van der Waals surface area contributed by atoms with Gasteiger partial charge in [-0.2, -0.15) is 4.98 Å². The topological polar surface area (TPSA) is 97.1 Å². The van der Waals surface area contributed by atoms with Gasteiger partial charge in [0.1, 0.15) is 0 Å². The van der Waals surface area contributed by atoms with Crippen molar-refractivity contribution in [2.75, 3.05) is 18.8 Å². The van der Waals surface area contributed by atoms with Gasteiger partial charge >= 0.3 is 0 Å². The van der Waals surface area contributed by atoms with Crippen molar-refractivity contribution < 1.29 is 12.9 Å². The van der Waals surface area contributed by atoms with Crippen LogP contribution in [0.1, 0.15) is 31.5 Å². The van der Waals surface area contributed by atoms with Crippen LogP contribution in [-0.2, 0) is 16.6 Å². The summed E-state index contributed by atoms with van der Waals surface area (Å²) in [5.74, 6) is 0.897. The van der Waals surface area contributed by atoms with Gasteiger partial charge in [0, 0.05) is 6.92 Å².